The number of piperidine rings is 1. The Labute approximate surface area is 169 Å². The number of aromatic nitrogens is 1. The first kappa shape index (κ1) is 20.9. The molecule has 1 aromatic carbocycles. The standard InChI is InChI=1S/C20H25N3O3.CH2O2/c24-20(25)17-18(16-8-2-1-3-9-16)26-21-19(17)23-12-6-7-15(14-23)13-22-10-4-5-11-22;2-1-3/h1-3,8-9,15H,4-7,10-14H2,(H,24,25);1H,(H,2,3). The number of carboxylic acid groups (broad SMARTS) is 2. The molecule has 2 fully saturated rings. The van der Waals surface area contributed by atoms with Gasteiger partial charge in [-0.2, -0.15) is 0 Å². The minimum Gasteiger partial charge on any atom is -0.483 e. The van der Waals surface area contributed by atoms with E-state index in [4.69, 9.17) is 14.4 Å². The van der Waals surface area contributed by atoms with Gasteiger partial charge in [-0.1, -0.05) is 35.5 Å². The van der Waals surface area contributed by atoms with Crippen LogP contribution in [0.1, 0.15) is 36.0 Å². The zero-order valence-electron chi connectivity index (χ0n) is 16.4. The molecule has 2 aliphatic heterocycles. The molecule has 0 spiro atoms. The van der Waals surface area contributed by atoms with E-state index in [-0.39, 0.29) is 12.0 Å². The third-order valence-corrected chi connectivity index (χ3v) is 5.46. The van der Waals surface area contributed by atoms with E-state index in [2.05, 4.69) is 15.0 Å². The van der Waals surface area contributed by atoms with Gasteiger partial charge in [0.2, 0.25) is 0 Å². The van der Waals surface area contributed by atoms with Crippen LogP contribution in [-0.2, 0) is 4.79 Å². The Morgan fingerprint density at radius 2 is 1.86 bits per heavy atom. The molecule has 0 bridgehead atoms. The van der Waals surface area contributed by atoms with E-state index < -0.39 is 5.97 Å². The van der Waals surface area contributed by atoms with Crippen molar-refractivity contribution < 1.29 is 24.3 Å². The second-order valence-electron chi connectivity index (χ2n) is 7.45. The van der Waals surface area contributed by atoms with Gasteiger partial charge < -0.3 is 24.5 Å². The van der Waals surface area contributed by atoms with Gasteiger partial charge in [0.1, 0.15) is 0 Å². The molecule has 29 heavy (non-hydrogen) atoms. The highest BCUT2D eigenvalue weighted by atomic mass is 16.5. The van der Waals surface area contributed by atoms with Crippen molar-refractivity contribution in [1.82, 2.24) is 10.1 Å². The summed E-state index contributed by atoms with van der Waals surface area (Å²) in [5.41, 5.74) is 0.923. The number of rotatable bonds is 5. The topological polar surface area (TPSA) is 107 Å². The van der Waals surface area contributed by atoms with Crippen molar-refractivity contribution in [2.75, 3.05) is 37.6 Å². The van der Waals surface area contributed by atoms with Gasteiger partial charge >= 0.3 is 5.97 Å². The van der Waals surface area contributed by atoms with Crippen molar-refractivity contribution >= 4 is 18.3 Å². The van der Waals surface area contributed by atoms with E-state index in [0.717, 1.165) is 31.6 Å². The maximum Gasteiger partial charge on any atom is 0.343 e. The second kappa shape index (κ2) is 10.1. The van der Waals surface area contributed by atoms with Crippen molar-refractivity contribution in [2.45, 2.75) is 25.7 Å². The molecule has 4 rings (SSSR count). The number of carboxylic acids is 1. The van der Waals surface area contributed by atoms with E-state index in [1.807, 2.05) is 30.3 Å². The van der Waals surface area contributed by atoms with Crippen LogP contribution < -0.4 is 4.90 Å². The summed E-state index contributed by atoms with van der Waals surface area (Å²) in [6, 6.07) is 9.34. The number of hydrogen-bond acceptors (Lipinski definition) is 6. The highest BCUT2D eigenvalue weighted by Gasteiger charge is 2.31. The lowest BCUT2D eigenvalue weighted by atomic mass is 9.97. The summed E-state index contributed by atoms with van der Waals surface area (Å²) in [6.07, 6.45) is 4.84. The molecule has 8 nitrogen and oxygen atoms in total. The Kier molecular flexibility index (Phi) is 7.24. The van der Waals surface area contributed by atoms with Gasteiger partial charge in [0.25, 0.3) is 6.47 Å². The van der Waals surface area contributed by atoms with Gasteiger partial charge in [-0.3, -0.25) is 4.79 Å². The zero-order chi connectivity index (χ0) is 20.6. The summed E-state index contributed by atoms with van der Waals surface area (Å²) >= 11 is 0. The second-order valence-corrected chi connectivity index (χ2v) is 7.45. The summed E-state index contributed by atoms with van der Waals surface area (Å²) in [5.74, 6) is 0.388. The third kappa shape index (κ3) is 5.14. The van der Waals surface area contributed by atoms with Crippen LogP contribution in [0.4, 0.5) is 5.82 Å². The Hall–Kier alpha value is -2.87. The molecular weight excluding hydrogens is 374 g/mol. The molecule has 0 saturated carbocycles. The van der Waals surface area contributed by atoms with Crippen molar-refractivity contribution in [3.63, 3.8) is 0 Å². The Bertz CT molecular complexity index is 802. The fourth-order valence-electron chi connectivity index (χ4n) is 4.21. The molecule has 2 aromatic rings. The van der Waals surface area contributed by atoms with E-state index >= 15 is 0 Å². The highest BCUT2D eigenvalue weighted by Crippen LogP contribution is 2.33. The molecule has 1 atom stereocenters. The van der Waals surface area contributed by atoms with Gasteiger partial charge in [-0.25, -0.2) is 4.79 Å². The monoisotopic (exact) mass is 401 g/mol. The zero-order valence-corrected chi connectivity index (χ0v) is 16.4. The predicted octanol–water partition coefficient (Wildman–Crippen LogP) is 3.05. The Morgan fingerprint density at radius 3 is 2.52 bits per heavy atom. The number of aromatic carboxylic acids is 1. The molecule has 1 aromatic heterocycles. The molecule has 0 radical (unpaired) electrons. The predicted molar refractivity (Wildman–Crippen MR) is 108 cm³/mol. The van der Waals surface area contributed by atoms with Crippen LogP contribution in [0.25, 0.3) is 11.3 Å². The molecule has 156 valence electrons. The molecule has 0 aliphatic carbocycles. The first-order valence-corrected chi connectivity index (χ1v) is 9.97. The van der Waals surface area contributed by atoms with Crippen LogP contribution >= 0.6 is 0 Å². The molecule has 0 amide bonds. The molecule has 1 unspecified atom stereocenters. The van der Waals surface area contributed by atoms with Gasteiger partial charge in [-0.15, -0.1) is 0 Å². The van der Waals surface area contributed by atoms with Crippen molar-refractivity contribution in [3.8, 4) is 11.3 Å². The quantitative estimate of drug-likeness (QED) is 0.736. The minimum atomic E-state index is -0.984. The first-order chi connectivity index (χ1) is 14.1. The lowest BCUT2D eigenvalue weighted by Crippen LogP contribution is -2.41. The number of hydrogen-bond donors (Lipinski definition) is 2. The largest absolute Gasteiger partial charge is 0.483 e. The molecular formula is C21H27N3O5. The fourth-order valence-corrected chi connectivity index (χ4v) is 4.21. The Morgan fingerprint density at radius 1 is 1.17 bits per heavy atom. The Balaban J connectivity index is 0.000000755. The van der Waals surface area contributed by atoms with Crippen LogP contribution in [0.3, 0.4) is 0 Å². The molecule has 8 heteroatoms. The highest BCUT2D eigenvalue weighted by molar-refractivity contribution is 5.99. The maximum absolute atomic E-state index is 11.9. The third-order valence-electron chi connectivity index (χ3n) is 5.46. The van der Waals surface area contributed by atoms with Crippen LogP contribution in [0.2, 0.25) is 0 Å². The first-order valence-electron chi connectivity index (χ1n) is 9.97. The number of carbonyl (C=O) groups is 2. The summed E-state index contributed by atoms with van der Waals surface area (Å²) in [4.78, 5) is 24.9. The summed E-state index contributed by atoms with van der Waals surface area (Å²) in [6.45, 7) is 4.91. The fraction of sp³-hybridized carbons (Fsp3) is 0.476. The normalized spacial score (nSPS) is 19.4. The smallest absolute Gasteiger partial charge is 0.343 e. The molecule has 2 aliphatic rings. The maximum atomic E-state index is 11.9. The summed E-state index contributed by atoms with van der Waals surface area (Å²) in [7, 11) is 0. The summed E-state index contributed by atoms with van der Waals surface area (Å²) < 4.78 is 5.48. The van der Waals surface area contributed by atoms with Gasteiger partial charge in [0, 0.05) is 25.2 Å². The number of likely N-dealkylation sites (tertiary alicyclic amines) is 1. The average Bonchev–Trinajstić information content (AvgIpc) is 3.39. The van der Waals surface area contributed by atoms with E-state index in [1.165, 1.54) is 32.4 Å². The van der Waals surface area contributed by atoms with Crippen molar-refractivity contribution in [3.05, 3.63) is 35.9 Å². The van der Waals surface area contributed by atoms with E-state index in [9.17, 15) is 9.90 Å². The number of anilines is 1. The van der Waals surface area contributed by atoms with Crippen molar-refractivity contribution in [1.29, 1.82) is 0 Å². The number of nitrogens with zero attached hydrogens (tertiary/aromatic N) is 3. The van der Waals surface area contributed by atoms with Crippen molar-refractivity contribution in [2.24, 2.45) is 5.92 Å². The van der Waals surface area contributed by atoms with Crippen LogP contribution in [-0.4, -0.2) is 65.4 Å². The lowest BCUT2D eigenvalue weighted by Gasteiger charge is -2.34. The van der Waals surface area contributed by atoms with E-state index in [0.29, 0.717) is 17.5 Å². The average molecular weight is 401 g/mol. The molecule has 2 saturated heterocycles. The molecule has 3 heterocycles. The van der Waals surface area contributed by atoms with Gasteiger partial charge in [0.15, 0.2) is 17.1 Å². The SMILES string of the molecule is O=C(O)c1c(N2CCCC(CN3CCCC3)C2)noc1-c1ccccc1.O=CO. The van der Waals surface area contributed by atoms with Crippen LogP contribution in [0, 0.1) is 5.92 Å². The van der Waals surface area contributed by atoms with Gasteiger partial charge in [-0.05, 0) is 44.7 Å². The number of benzene rings is 1. The lowest BCUT2D eigenvalue weighted by molar-refractivity contribution is -0.122. The van der Waals surface area contributed by atoms with Crippen LogP contribution in [0.5, 0.6) is 0 Å². The van der Waals surface area contributed by atoms with Crippen LogP contribution in [0.15, 0.2) is 34.9 Å². The minimum absolute atomic E-state index is 0.179. The van der Waals surface area contributed by atoms with Gasteiger partial charge in [0.05, 0.1) is 0 Å². The molecule has 2 N–H and O–H groups in total. The van der Waals surface area contributed by atoms with E-state index in [1.54, 1.807) is 0 Å². The summed E-state index contributed by atoms with van der Waals surface area (Å²) in [5, 5.41) is 20.8.